The molecule has 0 saturated carbocycles. The molecule has 6 nitrogen and oxygen atoms in total. The van der Waals surface area contributed by atoms with Crippen LogP contribution in [0.2, 0.25) is 0 Å². The first-order valence-electron chi connectivity index (χ1n) is 9.26. The van der Waals surface area contributed by atoms with Gasteiger partial charge in [0.1, 0.15) is 0 Å². The summed E-state index contributed by atoms with van der Waals surface area (Å²) in [5.74, 6) is 0.124. The van der Waals surface area contributed by atoms with Gasteiger partial charge in [-0.3, -0.25) is 14.7 Å². The summed E-state index contributed by atoms with van der Waals surface area (Å²) in [5, 5.41) is 7.84. The fourth-order valence-corrected chi connectivity index (χ4v) is 3.39. The van der Waals surface area contributed by atoms with Crippen molar-refractivity contribution in [3.05, 3.63) is 66.6 Å². The third kappa shape index (κ3) is 3.90. The van der Waals surface area contributed by atoms with Gasteiger partial charge >= 0.3 is 0 Å². The molecule has 3 heterocycles. The molecule has 138 valence electrons. The molecule has 1 N–H and O–H groups in total. The van der Waals surface area contributed by atoms with Crippen LogP contribution in [-0.4, -0.2) is 44.7 Å². The highest BCUT2D eigenvalue weighted by molar-refractivity contribution is 5.76. The molecule has 1 aliphatic rings. The maximum Gasteiger partial charge on any atom is 0.221 e. The van der Waals surface area contributed by atoms with E-state index in [-0.39, 0.29) is 11.9 Å². The van der Waals surface area contributed by atoms with E-state index in [0.29, 0.717) is 13.0 Å². The Kier molecular flexibility index (Phi) is 4.98. The van der Waals surface area contributed by atoms with Gasteiger partial charge in [0, 0.05) is 61.8 Å². The fraction of sp³-hybridized carbons (Fsp3) is 0.286. The Morgan fingerprint density at radius 3 is 2.70 bits per heavy atom. The Morgan fingerprint density at radius 2 is 1.93 bits per heavy atom. The molecule has 1 atom stereocenters. The molecule has 1 amide bonds. The number of para-hydroxylation sites is 1. The van der Waals surface area contributed by atoms with E-state index in [9.17, 15) is 4.79 Å². The summed E-state index contributed by atoms with van der Waals surface area (Å²) in [4.78, 5) is 18.2. The number of nitrogens with one attached hydrogen (secondary N) is 1. The van der Waals surface area contributed by atoms with Gasteiger partial charge in [-0.25, -0.2) is 4.68 Å². The van der Waals surface area contributed by atoms with E-state index in [1.807, 2.05) is 47.1 Å². The van der Waals surface area contributed by atoms with Gasteiger partial charge in [0.2, 0.25) is 5.91 Å². The van der Waals surface area contributed by atoms with E-state index < -0.39 is 0 Å². The van der Waals surface area contributed by atoms with Crippen molar-refractivity contribution in [1.82, 2.24) is 25.0 Å². The maximum atomic E-state index is 11.7. The SMILES string of the molecule is CC1CNC(=O)CCN1Cc1cn(-c2ccccc2)nc1-c1ccncc1. The second kappa shape index (κ2) is 7.72. The lowest BCUT2D eigenvalue weighted by atomic mass is 10.1. The average molecular weight is 361 g/mol. The van der Waals surface area contributed by atoms with Crippen LogP contribution in [0.4, 0.5) is 0 Å². The van der Waals surface area contributed by atoms with Crippen LogP contribution < -0.4 is 5.32 Å². The highest BCUT2D eigenvalue weighted by Gasteiger charge is 2.22. The van der Waals surface area contributed by atoms with Crippen molar-refractivity contribution in [2.75, 3.05) is 13.1 Å². The minimum absolute atomic E-state index is 0.124. The van der Waals surface area contributed by atoms with Crippen molar-refractivity contribution in [3.63, 3.8) is 0 Å². The second-order valence-corrected chi connectivity index (χ2v) is 6.89. The third-order valence-corrected chi connectivity index (χ3v) is 4.98. The normalized spacial score (nSPS) is 18.1. The number of pyridine rings is 1. The first kappa shape index (κ1) is 17.4. The summed E-state index contributed by atoms with van der Waals surface area (Å²) in [7, 11) is 0. The molecule has 0 spiro atoms. The molecule has 3 aromatic rings. The number of amides is 1. The first-order chi connectivity index (χ1) is 13.2. The molecule has 1 aliphatic heterocycles. The number of hydrogen-bond donors (Lipinski definition) is 1. The average Bonchev–Trinajstić information content (AvgIpc) is 3.07. The highest BCUT2D eigenvalue weighted by Crippen LogP contribution is 2.25. The van der Waals surface area contributed by atoms with Crippen LogP contribution in [0, 0.1) is 0 Å². The van der Waals surface area contributed by atoms with Gasteiger partial charge < -0.3 is 5.32 Å². The molecular formula is C21H23N5O. The standard InChI is InChI=1S/C21H23N5O/c1-16-13-23-20(27)9-12-25(16)14-18-15-26(19-5-3-2-4-6-19)24-21(18)17-7-10-22-11-8-17/h2-8,10-11,15-16H,9,12-14H2,1H3,(H,23,27). The van der Waals surface area contributed by atoms with Gasteiger partial charge in [0.25, 0.3) is 0 Å². The summed E-state index contributed by atoms with van der Waals surface area (Å²) in [6.45, 7) is 4.33. The number of hydrogen-bond acceptors (Lipinski definition) is 4. The van der Waals surface area contributed by atoms with Crippen molar-refractivity contribution >= 4 is 5.91 Å². The third-order valence-electron chi connectivity index (χ3n) is 4.98. The zero-order valence-electron chi connectivity index (χ0n) is 15.4. The molecule has 1 aromatic carbocycles. The Morgan fingerprint density at radius 1 is 1.15 bits per heavy atom. The molecule has 6 heteroatoms. The predicted molar refractivity (Wildman–Crippen MR) is 104 cm³/mol. The Balaban J connectivity index is 1.70. The fourth-order valence-electron chi connectivity index (χ4n) is 3.39. The summed E-state index contributed by atoms with van der Waals surface area (Å²) >= 11 is 0. The monoisotopic (exact) mass is 361 g/mol. The predicted octanol–water partition coefficient (Wildman–Crippen LogP) is 2.64. The minimum Gasteiger partial charge on any atom is -0.355 e. The number of benzene rings is 1. The number of carbonyl (C=O) groups is 1. The summed E-state index contributed by atoms with van der Waals surface area (Å²) in [5.41, 5.74) is 4.18. The zero-order valence-corrected chi connectivity index (χ0v) is 15.4. The number of rotatable bonds is 4. The lowest BCUT2D eigenvalue weighted by molar-refractivity contribution is -0.120. The number of nitrogens with zero attached hydrogens (tertiary/aromatic N) is 4. The quantitative estimate of drug-likeness (QED) is 0.776. The van der Waals surface area contributed by atoms with Gasteiger partial charge in [-0.2, -0.15) is 5.10 Å². The minimum atomic E-state index is 0.124. The molecule has 1 saturated heterocycles. The molecular weight excluding hydrogens is 338 g/mol. The van der Waals surface area contributed by atoms with Gasteiger partial charge in [0.15, 0.2) is 0 Å². The van der Waals surface area contributed by atoms with Gasteiger partial charge in [-0.05, 0) is 31.2 Å². The van der Waals surface area contributed by atoms with Crippen LogP contribution >= 0.6 is 0 Å². The first-order valence-corrected chi connectivity index (χ1v) is 9.26. The van der Waals surface area contributed by atoms with Crippen LogP contribution in [0.25, 0.3) is 16.9 Å². The van der Waals surface area contributed by atoms with Crippen molar-refractivity contribution in [2.24, 2.45) is 0 Å². The van der Waals surface area contributed by atoms with Crippen molar-refractivity contribution < 1.29 is 4.79 Å². The number of aromatic nitrogens is 3. The van der Waals surface area contributed by atoms with Crippen LogP contribution in [0.5, 0.6) is 0 Å². The zero-order chi connectivity index (χ0) is 18.6. The molecule has 1 fully saturated rings. The molecule has 0 bridgehead atoms. The second-order valence-electron chi connectivity index (χ2n) is 6.89. The van der Waals surface area contributed by atoms with Gasteiger partial charge in [-0.15, -0.1) is 0 Å². The summed E-state index contributed by atoms with van der Waals surface area (Å²) in [6, 6.07) is 14.4. The Labute approximate surface area is 158 Å². The maximum absolute atomic E-state index is 11.7. The van der Waals surface area contributed by atoms with Crippen LogP contribution in [0.3, 0.4) is 0 Å². The molecule has 2 aromatic heterocycles. The van der Waals surface area contributed by atoms with Crippen LogP contribution in [0.15, 0.2) is 61.1 Å². The van der Waals surface area contributed by atoms with E-state index >= 15 is 0 Å². The van der Waals surface area contributed by atoms with Crippen molar-refractivity contribution in [2.45, 2.75) is 25.9 Å². The number of carbonyl (C=O) groups excluding carboxylic acids is 1. The molecule has 0 radical (unpaired) electrons. The van der Waals surface area contributed by atoms with Gasteiger partial charge in [-0.1, -0.05) is 18.2 Å². The van der Waals surface area contributed by atoms with E-state index in [4.69, 9.17) is 5.10 Å². The smallest absolute Gasteiger partial charge is 0.221 e. The van der Waals surface area contributed by atoms with Crippen LogP contribution in [-0.2, 0) is 11.3 Å². The molecule has 4 rings (SSSR count). The molecule has 27 heavy (non-hydrogen) atoms. The summed E-state index contributed by atoms with van der Waals surface area (Å²) < 4.78 is 1.93. The van der Waals surface area contributed by atoms with Gasteiger partial charge in [0.05, 0.1) is 11.4 Å². The van der Waals surface area contributed by atoms with E-state index in [1.54, 1.807) is 12.4 Å². The topological polar surface area (TPSA) is 63.1 Å². The van der Waals surface area contributed by atoms with E-state index in [0.717, 1.165) is 35.6 Å². The molecule has 1 unspecified atom stereocenters. The van der Waals surface area contributed by atoms with Crippen molar-refractivity contribution in [1.29, 1.82) is 0 Å². The Hall–Kier alpha value is -2.99. The lowest BCUT2D eigenvalue weighted by Gasteiger charge is -2.26. The Bertz CT molecular complexity index is 907. The van der Waals surface area contributed by atoms with E-state index in [2.05, 4.69) is 28.3 Å². The summed E-state index contributed by atoms with van der Waals surface area (Å²) in [6.07, 6.45) is 6.20. The van der Waals surface area contributed by atoms with Crippen LogP contribution in [0.1, 0.15) is 18.9 Å². The van der Waals surface area contributed by atoms with E-state index in [1.165, 1.54) is 0 Å². The van der Waals surface area contributed by atoms with Crippen molar-refractivity contribution in [3.8, 4) is 16.9 Å². The highest BCUT2D eigenvalue weighted by atomic mass is 16.1. The lowest BCUT2D eigenvalue weighted by Crippen LogP contribution is -2.37. The largest absolute Gasteiger partial charge is 0.355 e. The molecule has 0 aliphatic carbocycles.